The van der Waals surface area contributed by atoms with Gasteiger partial charge in [-0.25, -0.2) is 0 Å². The summed E-state index contributed by atoms with van der Waals surface area (Å²) in [5, 5.41) is 0. The molecule has 328 valence electrons. The van der Waals surface area contributed by atoms with Gasteiger partial charge in [0.05, 0.1) is 0 Å². The first-order valence-corrected chi connectivity index (χ1v) is 24.3. The second-order valence-corrected chi connectivity index (χ2v) is 16.4. The molecule has 1 atom stereocenters. The van der Waals surface area contributed by atoms with Crippen molar-refractivity contribution >= 4 is 17.9 Å². The van der Waals surface area contributed by atoms with Crippen LogP contribution in [0.15, 0.2) is 24.3 Å². The molecule has 0 aliphatic rings. The predicted molar refractivity (Wildman–Crippen MR) is 238 cm³/mol. The van der Waals surface area contributed by atoms with Crippen LogP contribution < -0.4 is 0 Å². The molecule has 6 heteroatoms. The van der Waals surface area contributed by atoms with E-state index < -0.39 is 6.10 Å². The van der Waals surface area contributed by atoms with Crippen molar-refractivity contribution < 1.29 is 28.6 Å². The van der Waals surface area contributed by atoms with Crippen LogP contribution in [-0.2, 0) is 28.6 Å². The quantitative estimate of drug-likeness (QED) is 0.0265. The van der Waals surface area contributed by atoms with Gasteiger partial charge in [-0.15, -0.1) is 0 Å². The lowest BCUT2D eigenvalue weighted by Crippen LogP contribution is -2.30. The van der Waals surface area contributed by atoms with Crippen LogP contribution in [0.2, 0.25) is 0 Å². The van der Waals surface area contributed by atoms with Gasteiger partial charge in [0.1, 0.15) is 13.2 Å². The van der Waals surface area contributed by atoms with Gasteiger partial charge in [-0.2, -0.15) is 0 Å². The number of allylic oxidation sites excluding steroid dienone is 4. The van der Waals surface area contributed by atoms with Gasteiger partial charge in [-0.1, -0.05) is 193 Å². The van der Waals surface area contributed by atoms with Crippen molar-refractivity contribution in [1.82, 2.24) is 0 Å². The molecule has 0 amide bonds. The van der Waals surface area contributed by atoms with Crippen LogP contribution in [-0.4, -0.2) is 37.2 Å². The van der Waals surface area contributed by atoms with Crippen LogP contribution in [0, 0.1) is 0 Å². The Bertz CT molecular complexity index is 911. The molecule has 0 aromatic heterocycles. The lowest BCUT2D eigenvalue weighted by Gasteiger charge is -2.18. The average molecular weight is 789 g/mol. The van der Waals surface area contributed by atoms with E-state index in [1.54, 1.807) is 0 Å². The molecule has 0 aliphatic heterocycles. The number of unbranched alkanes of at least 4 members (excludes halogenated alkanes) is 29. The first kappa shape index (κ1) is 53.9. The third-order valence-electron chi connectivity index (χ3n) is 10.7. The molecule has 0 N–H and O–H groups in total. The van der Waals surface area contributed by atoms with Gasteiger partial charge < -0.3 is 14.2 Å². The zero-order chi connectivity index (χ0) is 40.8. The Kier molecular flexibility index (Phi) is 43.9. The number of hydrogen-bond acceptors (Lipinski definition) is 6. The molecule has 0 rings (SSSR count). The fourth-order valence-corrected chi connectivity index (χ4v) is 6.96. The third-order valence-corrected chi connectivity index (χ3v) is 10.7. The van der Waals surface area contributed by atoms with Gasteiger partial charge in [-0.3, -0.25) is 14.4 Å². The zero-order valence-corrected chi connectivity index (χ0v) is 37.4. The van der Waals surface area contributed by atoms with Gasteiger partial charge >= 0.3 is 17.9 Å². The van der Waals surface area contributed by atoms with Crippen molar-refractivity contribution in [2.45, 2.75) is 264 Å². The van der Waals surface area contributed by atoms with Crippen LogP contribution in [0.25, 0.3) is 0 Å². The summed E-state index contributed by atoms with van der Waals surface area (Å²) in [7, 11) is 0. The molecule has 0 spiro atoms. The van der Waals surface area contributed by atoms with Gasteiger partial charge in [0.15, 0.2) is 6.10 Å². The van der Waals surface area contributed by atoms with Crippen molar-refractivity contribution in [2.75, 3.05) is 13.2 Å². The van der Waals surface area contributed by atoms with Gasteiger partial charge in [-0.05, 0) is 70.6 Å². The van der Waals surface area contributed by atoms with Crippen molar-refractivity contribution in [3.8, 4) is 0 Å². The van der Waals surface area contributed by atoms with Gasteiger partial charge in [0, 0.05) is 19.3 Å². The van der Waals surface area contributed by atoms with E-state index in [1.165, 1.54) is 148 Å². The molecule has 6 nitrogen and oxygen atoms in total. The van der Waals surface area contributed by atoms with Crippen molar-refractivity contribution in [2.24, 2.45) is 0 Å². The Balaban J connectivity index is 4.25. The largest absolute Gasteiger partial charge is 0.462 e. The standard InChI is InChI=1S/C50H92O6/c1-4-7-10-13-16-18-20-22-24-26-28-30-32-34-37-40-43-49(52)55-46-47(45-54-48(51)42-39-36-15-12-9-6-3)56-50(53)44-41-38-35-33-31-29-27-25-23-21-19-17-14-11-8-5-2/h24-27,47H,4-23,28-46H2,1-3H3/b26-24-,27-25-. The molecule has 56 heavy (non-hydrogen) atoms. The van der Waals surface area contributed by atoms with E-state index in [9.17, 15) is 14.4 Å². The second kappa shape index (κ2) is 45.6. The molecule has 0 saturated heterocycles. The minimum absolute atomic E-state index is 0.0757. The first-order chi connectivity index (χ1) is 27.5. The highest BCUT2D eigenvalue weighted by Gasteiger charge is 2.19. The Labute approximate surface area is 347 Å². The summed E-state index contributed by atoms with van der Waals surface area (Å²) in [6.45, 7) is 6.57. The molecular weight excluding hydrogens is 697 g/mol. The Morgan fingerprint density at radius 1 is 0.339 bits per heavy atom. The highest BCUT2D eigenvalue weighted by atomic mass is 16.6. The second-order valence-electron chi connectivity index (χ2n) is 16.4. The molecule has 0 bridgehead atoms. The normalized spacial score (nSPS) is 12.1. The summed E-state index contributed by atoms with van der Waals surface area (Å²) in [4.78, 5) is 37.6. The van der Waals surface area contributed by atoms with Crippen molar-refractivity contribution in [3.63, 3.8) is 0 Å². The number of hydrogen-bond donors (Lipinski definition) is 0. The van der Waals surface area contributed by atoms with E-state index in [0.29, 0.717) is 19.3 Å². The Morgan fingerprint density at radius 2 is 0.589 bits per heavy atom. The lowest BCUT2D eigenvalue weighted by atomic mass is 10.1. The predicted octanol–water partition coefficient (Wildman–Crippen LogP) is 15.6. The summed E-state index contributed by atoms with van der Waals surface area (Å²) < 4.78 is 16.7. The summed E-state index contributed by atoms with van der Waals surface area (Å²) in [5.74, 6) is -0.895. The Morgan fingerprint density at radius 3 is 0.893 bits per heavy atom. The monoisotopic (exact) mass is 789 g/mol. The summed E-state index contributed by atoms with van der Waals surface area (Å²) in [6, 6.07) is 0. The molecule has 0 radical (unpaired) electrons. The SMILES string of the molecule is CCCCCCCCC/C=C\CCCCCCCC(=O)OCC(COC(=O)CCCCCCCC)OC(=O)CCCCCCC/C=C\CCCCCCCCC. The molecule has 0 aromatic carbocycles. The lowest BCUT2D eigenvalue weighted by molar-refractivity contribution is -0.167. The smallest absolute Gasteiger partial charge is 0.306 e. The highest BCUT2D eigenvalue weighted by Crippen LogP contribution is 2.14. The van der Waals surface area contributed by atoms with Gasteiger partial charge in [0.2, 0.25) is 0 Å². The van der Waals surface area contributed by atoms with E-state index in [2.05, 4.69) is 45.1 Å². The van der Waals surface area contributed by atoms with E-state index in [4.69, 9.17) is 14.2 Å². The maximum absolute atomic E-state index is 12.7. The molecule has 0 heterocycles. The van der Waals surface area contributed by atoms with E-state index in [0.717, 1.165) is 70.6 Å². The van der Waals surface area contributed by atoms with E-state index in [-0.39, 0.29) is 31.1 Å². The molecule has 0 fully saturated rings. The number of esters is 3. The van der Waals surface area contributed by atoms with Crippen LogP contribution in [0.1, 0.15) is 258 Å². The summed E-state index contributed by atoms with van der Waals surface area (Å²) in [5.41, 5.74) is 0. The van der Waals surface area contributed by atoms with Crippen molar-refractivity contribution in [1.29, 1.82) is 0 Å². The minimum atomic E-state index is -0.772. The van der Waals surface area contributed by atoms with Gasteiger partial charge in [0.25, 0.3) is 0 Å². The van der Waals surface area contributed by atoms with E-state index in [1.807, 2.05) is 0 Å². The van der Waals surface area contributed by atoms with Crippen LogP contribution in [0.3, 0.4) is 0 Å². The molecule has 0 aliphatic carbocycles. The molecule has 0 saturated carbocycles. The highest BCUT2D eigenvalue weighted by molar-refractivity contribution is 5.71. The number of carbonyl (C=O) groups is 3. The Hall–Kier alpha value is -2.11. The van der Waals surface area contributed by atoms with Crippen LogP contribution in [0.5, 0.6) is 0 Å². The molecule has 0 aromatic rings. The average Bonchev–Trinajstić information content (AvgIpc) is 3.19. The fourth-order valence-electron chi connectivity index (χ4n) is 6.96. The van der Waals surface area contributed by atoms with Crippen LogP contribution >= 0.6 is 0 Å². The minimum Gasteiger partial charge on any atom is -0.462 e. The zero-order valence-electron chi connectivity index (χ0n) is 37.4. The summed E-state index contributed by atoms with van der Waals surface area (Å²) in [6.07, 6.45) is 50.4. The van der Waals surface area contributed by atoms with Crippen molar-refractivity contribution in [3.05, 3.63) is 24.3 Å². The van der Waals surface area contributed by atoms with E-state index >= 15 is 0 Å². The maximum Gasteiger partial charge on any atom is 0.306 e. The topological polar surface area (TPSA) is 78.9 Å². The number of ether oxygens (including phenoxy) is 3. The third kappa shape index (κ3) is 43.0. The fraction of sp³-hybridized carbons (Fsp3) is 0.860. The molecule has 1 unspecified atom stereocenters. The first-order valence-electron chi connectivity index (χ1n) is 24.3. The maximum atomic E-state index is 12.7. The summed E-state index contributed by atoms with van der Waals surface area (Å²) >= 11 is 0. The molecular formula is C50H92O6. The van der Waals surface area contributed by atoms with Crippen LogP contribution in [0.4, 0.5) is 0 Å². The number of rotatable bonds is 44. The number of carbonyl (C=O) groups excluding carboxylic acids is 3.